The Labute approximate surface area is 172 Å². The lowest BCUT2D eigenvalue weighted by Gasteiger charge is -2.10. The van der Waals surface area contributed by atoms with E-state index >= 15 is 0 Å². The van der Waals surface area contributed by atoms with E-state index in [9.17, 15) is 4.79 Å². The molecule has 0 aliphatic heterocycles. The summed E-state index contributed by atoms with van der Waals surface area (Å²) in [6.07, 6.45) is 3.22. The molecule has 29 heavy (non-hydrogen) atoms. The van der Waals surface area contributed by atoms with E-state index in [0.29, 0.717) is 24.0 Å². The molecule has 0 atom stereocenters. The van der Waals surface area contributed by atoms with Crippen LogP contribution in [-0.2, 0) is 11.2 Å². The number of aromatic nitrogens is 3. The number of hydrogen-bond donors (Lipinski definition) is 3. The van der Waals surface area contributed by atoms with Crippen molar-refractivity contribution in [1.29, 1.82) is 0 Å². The average molecular weight is 392 g/mol. The topological polar surface area (TPSA) is 82.7 Å². The van der Waals surface area contributed by atoms with Gasteiger partial charge in [0, 0.05) is 16.9 Å². The van der Waals surface area contributed by atoms with Crippen molar-refractivity contribution in [2.45, 2.75) is 34.1 Å². The molecule has 1 aromatic heterocycles. The van der Waals surface area contributed by atoms with Gasteiger partial charge >= 0.3 is 0 Å². The third-order valence-corrected chi connectivity index (χ3v) is 4.16. The number of aromatic amines is 1. The fourth-order valence-electron chi connectivity index (χ4n) is 2.67. The second kappa shape index (κ2) is 11.4. The van der Waals surface area contributed by atoms with Gasteiger partial charge in [0.2, 0.25) is 5.95 Å². The number of nitrogens with zero attached hydrogens (tertiary/aromatic N) is 2. The first-order chi connectivity index (χ1) is 14.2. The smallest absolute Gasteiger partial charge is 0.246 e. The molecule has 6 nitrogen and oxygen atoms in total. The lowest BCUT2D eigenvalue weighted by Crippen LogP contribution is -2.13. The van der Waals surface area contributed by atoms with E-state index in [0.717, 1.165) is 29.5 Å². The van der Waals surface area contributed by atoms with E-state index in [-0.39, 0.29) is 0 Å². The molecule has 0 aliphatic rings. The zero-order valence-electron chi connectivity index (χ0n) is 17.5. The predicted octanol–water partition coefficient (Wildman–Crippen LogP) is 4.98. The molecule has 3 N–H and O–H groups in total. The van der Waals surface area contributed by atoms with Crippen LogP contribution in [0, 0.1) is 6.92 Å². The largest absolute Gasteiger partial charge is 0.379 e. The van der Waals surface area contributed by atoms with Crippen molar-refractivity contribution in [1.82, 2.24) is 15.2 Å². The van der Waals surface area contributed by atoms with Crippen molar-refractivity contribution < 1.29 is 4.79 Å². The number of carbonyl (C=O) groups excluding carboxylic acids is 1. The molecule has 0 spiro atoms. The number of aryl methyl sites for hydroxylation is 2. The molecule has 1 heterocycles. The molecule has 0 unspecified atom stereocenters. The number of allylic oxidation sites excluding steroid dienone is 1. The predicted molar refractivity (Wildman–Crippen MR) is 120 cm³/mol. The molecule has 3 rings (SSSR count). The molecule has 6 heteroatoms. The Morgan fingerprint density at radius 3 is 2.55 bits per heavy atom. The van der Waals surface area contributed by atoms with Gasteiger partial charge in [-0.25, -0.2) is 0 Å². The molecule has 0 saturated carbocycles. The summed E-state index contributed by atoms with van der Waals surface area (Å²) >= 11 is 0. The number of benzene rings is 2. The summed E-state index contributed by atoms with van der Waals surface area (Å²) < 4.78 is 0. The summed E-state index contributed by atoms with van der Waals surface area (Å²) in [6, 6.07) is 16.2. The monoisotopic (exact) mass is 391 g/mol. The van der Waals surface area contributed by atoms with Crippen LogP contribution >= 0.6 is 0 Å². The van der Waals surface area contributed by atoms with Crippen LogP contribution in [0.2, 0.25) is 0 Å². The molecule has 152 valence electrons. The first kappa shape index (κ1) is 21.9. The van der Waals surface area contributed by atoms with E-state index in [1.54, 1.807) is 0 Å². The van der Waals surface area contributed by atoms with E-state index < -0.39 is 0 Å². The average Bonchev–Trinajstić information content (AvgIpc) is 3.22. The SMILES string of the molecule is CC.CCc1ccc(NC/C(=C/C=O)Nc2n[nH]c(-c3cccc(C)c3)n2)cc1. The molecule has 0 aliphatic carbocycles. The van der Waals surface area contributed by atoms with Crippen molar-refractivity contribution in [3.05, 3.63) is 71.4 Å². The van der Waals surface area contributed by atoms with Gasteiger partial charge in [0.15, 0.2) is 5.82 Å². The number of aldehydes is 1. The molecule has 0 saturated heterocycles. The summed E-state index contributed by atoms with van der Waals surface area (Å²) in [4.78, 5) is 15.4. The van der Waals surface area contributed by atoms with Crippen LogP contribution in [0.25, 0.3) is 11.4 Å². The van der Waals surface area contributed by atoms with Crippen LogP contribution in [0.15, 0.2) is 60.3 Å². The number of hydrogen-bond acceptors (Lipinski definition) is 5. The van der Waals surface area contributed by atoms with Crippen molar-refractivity contribution >= 4 is 17.9 Å². The summed E-state index contributed by atoms with van der Waals surface area (Å²) in [5.74, 6) is 1.09. The summed E-state index contributed by atoms with van der Waals surface area (Å²) in [7, 11) is 0. The minimum absolute atomic E-state index is 0.419. The highest BCUT2D eigenvalue weighted by molar-refractivity contribution is 5.68. The molecule has 2 aromatic carbocycles. The lowest BCUT2D eigenvalue weighted by atomic mass is 10.1. The van der Waals surface area contributed by atoms with Gasteiger partial charge in [-0.2, -0.15) is 4.98 Å². The molecular formula is C23H29N5O. The number of anilines is 2. The number of carbonyl (C=O) groups is 1. The van der Waals surface area contributed by atoms with Gasteiger partial charge in [-0.15, -0.1) is 5.10 Å². The van der Waals surface area contributed by atoms with E-state index in [1.807, 2.05) is 57.2 Å². The van der Waals surface area contributed by atoms with Crippen molar-refractivity contribution in [2.24, 2.45) is 0 Å². The Kier molecular flexibility index (Phi) is 8.63. The quantitative estimate of drug-likeness (QED) is 0.373. The Hall–Kier alpha value is -3.41. The van der Waals surface area contributed by atoms with Crippen LogP contribution in [0.4, 0.5) is 11.6 Å². The first-order valence-corrected chi connectivity index (χ1v) is 9.91. The Bertz CT molecular complexity index is 928. The highest BCUT2D eigenvalue weighted by Gasteiger charge is 2.07. The minimum atomic E-state index is 0.419. The van der Waals surface area contributed by atoms with Gasteiger partial charge in [-0.3, -0.25) is 9.89 Å². The minimum Gasteiger partial charge on any atom is -0.379 e. The molecular weight excluding hydrogens is 362 g/mol. The Morgan fingerprint density at radius 2 is 1.90 bits per heavy atom. The van der Waals surface area contributed by atoms with Crippen LogP contribution in [-0.4, -0.2) is 28.0 Å². The van der Waals surface area contributed by atoms with Gasteiger partial charge in [0.25, 0.3) is 0 Å². The molecule has 0 radical (unpaired) electrons. The van der Waals surface area contributed by atoms with E-state index in [1.165, 1.54) is 11.6 Å². The molecule has 0 fully saturated rings. The van der Waals surface area contributed by atoms with Crippen molar-refractivity contribution in [3.63, 3.8) is 0 Å². The van der Waals surface area contributed by atoms with E-state index in [4.69, 9.17) is 0 Å². The highest BCUT2D eigenvalue weighted by atomic mass is 16.1. The van der Waals surface area contributed by atoms with Crippen LogP contribution in [0.3, 0.4) is 0 Å². The van der Waals surface area contributed by atoms with Crippen LogP contribution in [0.5, 0.6) is 0 Å². The van der Waals surface area contributed by atoms with Gasteiger partial charge in [0.1, 0.15) is 6.29 Å². The second-order valence-electron chi connectivity index (χ2n) is 6.23. The fourth-order valence-corrected chi connectivity index (χ4v) is 2.67. The maximum absolute atomic E-state index is 11.0. The zero-order valence-corrected chi connectivity index (χ0v) is 17.5. The van der Waals surface area contributed by atoms with E-state index in [2.05, 4.69) is 44.9 Å². The van der Waals surface area contributed by atoms with Gasteiger partial charge in [-0.1, -0.05) is 56.7 Å². The number of H-pyrrole nitrogens is 1. The van der Waals surface area contributed by atoms with Crippen LogP contribution in [0.1, 0.15) is 31.9 Å². The summed E-state index contributed by atoms with van der Waals surface area (Å²) in [6.45, 7) is 8.61. The lowest BCUT2D eigenvalue weighted by molar-refractivity contribution is -0.104. The fraction of sp³-hybridized carbons (Fsp3) is 0.261. The maximum Gasteiger partial charge on any atom is 0.246 e. The van der Waals surface area contributed by atoms with Crippen molar-refractivity contribution in [2.75, 3.05) is 17.2 Å². The molecule has 0 amide bonds. The molecule has 3 aromatic rings. The maximum atomic E-state index is 11.0. The third-order valence-electron chi connectivity index (χ3n) is 4.16. The van der Waals surface area contributed by atoms with Crippen LogP contribution < -0.4 is 10.6 Å². The van der Waals surface area contributed by atoms with Gasteiger partial charge in [0.05, 0.1) is 6.54 Å². The van der Waals surface area contributed by atoms with Gasteiger partial charge < -0.3 is 10.6 Å². The number of rotatable bonds is 8. The standard InChI is InChI=1S/C21H23N5O.C2H6/c1-3-16-7-9-18(10-8-16)22-14-19(11-12-27)23-21-24-20(25-26-21)17-6-4-5-15(2)13-17;1-2/h4-13,22H,3,14H2,1-2H3,(H2,23,24,25,26);1-2H3/b19-11-;. The number of nitrogens with one attached hydrogen (secondary N) is 3. The highest BCUT2D eigenvalue weighted by Crippen LogP contribution is 2.18. The molecule has 0 bridgehead atoms. The normalized spacial score (nSPS) is 10.7. The first-order valence-electron chi connectivity index (χ1n) is 9.91. The zero-order chi connectivity index (χ0) is 21.1. The van der Waals surface area contributed by atoms with Crippen molar-refractivity contribution in [3.8, 4) is 11.4 Å². The Morgan fingerprint density at radius 1 is 1.14 bits per heavy atom. The van der Waals surface area contributed by atoms with Gasteiger partial charge in [-0.05, 0) is 43.2 Å². The summed E-state index contributed by atoms with van der Waals surface area (Å²) in [5, 5.41) is 13.5. The third kappa shape index (κ3) is 6.60. The summed E-state index contributed by atoms with van der Waals surface area (Å²) in [5.41, 5.74) is 5.07. The Balaban J connectivity index is 0.00000145. The second-order valence-corrected chi connectivity index (χ2v) is 6.23.